The lowest BCUT2D eigenvalue weighted by atomic mass is 9.83. The van der Waals surface area contributed by atoms with Gasteiger partial charge >= 0.3 is 0 Å². The Morgan fingerprint density at radius 2 is 2.06 bits per heavy atom. The molecule has 1 aromatic carbocycles. The van der Waals surface area contributed by atoms with Crippen molar-refractivity contribution in [3.8, 4) is 0 Å². The first kappa shape index (κ1) is 12.9. The molecule has 1 nitrogen and oxygen atoms in total. The van der Waals surface area contributed by atoms with Crippen LogP contribution in [0.4, 0.5) is 5.69 Å². The van der Waals surface area contributed by atoms with Crippen LogP contribution in [0.25, 0.3) is 0 Å². The monoisotopic (exact) mass is 295 g/mol. The van der Waals surface area contributed by atoms with E-state index in [1.165, 1.54) is 47.8 Å². The Hall–Kier alpha value is -0.500. The molecule has 1 aliphatic rings. The fourth-order valence-corrected chi connectivity index (χ4v) is 3.08. The predicted octanol–water partition coefficient (Wildman–Crippen LogP) is 5.14. The third kappa shape index (κ3) is 3.25. The molecule has 0 saturated heterocycles. The van der Waals surface area contributed by atoms with Crippen LogP contribution < -0.4 is 5.32 Å². The van der Waals surface area contributed by atoms with Gasteiger partial charge in [-0.3, -0.25) is 0 Å². The van der Waals surface area contributed by atoms with Crippen molar-refractivity contribution in [2.24, 2.45) is 5.92 Å². The first-order chi connectivity index (χ1) is 8.20. The van der Waals surface area contributed by atoms with Crippen molar-refractivity contribution < 1.29 is 0 Å². The molecule has 17 heavy (non-hydrogen) atoms. The van der Waals surface area contributed by atoms with E-state index in [1.807, 2.05) is 0 Å². The van der Waals surface area contributed by atoms with Gasteiger partial charge in [-0.15, -0.1) is 0 Å². The molecule has 2 heteroatoms. The maximum atomic E-state index is 3.73. The second-order valence-corrected chi connectivity index (χ2v) is 6.02. The van der Waals surface area contributed by atoms with Crippen LogP contribution in [0.3, 0.4) is 0 Å². The lowest BCUT2D eigenvalue weighted by Crippen LogP contribution is -2.31. The van der Waals surface area contributed by atoms with Gasteiger partial charge in [-0.2, -0.15) is 0 Å². The smallest absolute Gasteiger partial charge is 0.0345 e. The maximum absolute atomic E-state index is 3.73. The highest BCUT2D eigenvalue weighted by atomic mass is 79.9. The fraction of sp³-hybridized carbons (Fsp3) is 0.600. The maximum Gasteiger partial charge on any atom is 0.0345 e. The van der Waals surface area contributed by atoms with Gasteiger partial charge < -0.3 is 5.32 Å². The number of hydrogen-bond donors (Lipinski definition) is 1. The Morgan fingerprint density at radius 3 is 2.76 bits per heavy atom. The van der Waals surface area contributed by atoms with E-state index >= 15 is 0 Å². The Balaban J connectivity index is 2.05. The largest absolute Gasteiger partial charge is 0.382 e. The van der Waals surface area contributed by atoms with Crippen LogP contribution >= 0.6 is 15.9 Å². The van der Waals surface area contributed by atoms with Gasteiger partial charge in [0.1, 0.15) is 0 Å². The second-order valence-electron chi connectivity index (χ2n) is 5.17. The number of benzene rings is 1. The third-order valence-electron chi connectivity index (χ3n) is 3.94. The lowest BCUT2D eigenvalue weighted by molar-refractivity contribution is 0.317. The number of aryl methyl sites for hydroxylation is 1. The average molecular weight is 296 g/mol. The molecule has 0 heterocycles. The van der Waals surface area contributed by atoms with Crippen molar-refractivity contribution in [2.75, 3.05) is 5.32 Å². The van der Waals surface area contributed by atoms with Crippen molar-refractivity contribution in [1.82, 2.24) is 0 Å². The summed E-state index contributed by atoms with van der Waals surface area (Å²) in [6.07, 6.45) is 6.81. The van der Waals surface area contributed by atoms with E-state index in [2.05, 4.69) is 53.3 Å². The first-order valence-electron chi connectivity index (χ1n) is 6.73. The van der Waals surface area contributed by atoms with Gasteiger partial charge in [-0.1, -0.05) is 42.1 Å². The van der Waals surface area contributed by atoms with E-state index in [0.717, 1.165) is 5.92 Å². The molecule has 0 aromatic heterocycles. The molecule has 1 N–H and O–H groups in total. The lowest BCUT2D eigenvalue weighted by Gasteiger charge is -2.32. The molecule has 0 aliphatic heterocycles. The summed E-state index contributed by atoms with van der Waals surface area (Å²) in [5.74, 6) is 0.854. The molecule has 0 spiro atoms. The van der Waals surface area contributed by atoms with Crippen molar-refractivity contribution in [3.05, 3.63) is 28.2 Å². The van der Waals surface area contributed by atoms with E-state index in [-0.39, 0.29) is 0 Å². The summed E-state index contributed by atoms with van der Waals surface area (Å²) in [4.78, 5) is 0. The molecule has 0 bridgehead atoms. The summed E-state index contributed by atoms with van der Waals surface area (Å²) in [6, 6.07) is 7.24. The normalized spacial score (nSPS) is 24.6. The molecule has 2 rings (SSSR count). The molecular formula is C15H22BrN. The molecule has 0 radical (unpaired) electrons. The Morgan fingerprint density at radius 1 is 1.29 bits per heavy atom. The van der Waals surface area contributed by atoms with E-state index in [1.54, 1.807) is 0 Å². The zero-order chi connectivity index (χ0) is 12.3. The van der Waals surface area contributed by atoms with Crippen molar-refractivity contribution in [2.45, 2.75) is 52.0 Å². The van der Waals surface area contributed by atoms with E-state index < -0.39 is 0 Å². The Bertz CT molecular complexity index is 375. The minimum absolute atomic E-state index is 0.675. The Kier molecular flexibility index (Phi) is 4.49. The highest BCUT2D eigenvalue weighted by molar-refractivity contribution is 9.10. The van der Waals surface area contributed by atoms with E-state index in [0.29, 0.717) is 6.04 Å². The van der Waals surface area contributed by atoms with Gasteiger partial charge in [-0.05, 0) is 49.4 Å². The number of halogens is 1. The molecule has 0 amide bonds. The number of anilines is 1. The molecule has 2 unspecified atom stereocenters. The zero-order valence-electron chi connectivity index (χ0n) is 10.8. The van der Waals surface area contributed by atoms with Crippen molar-refractivity contribution in [3.63, 3.8) is 0 Å². The minimum Gasteiger partial charge on any atom is -0.382 e. The quantitative estimate of drug-likeness (QED) is 0.814. The van der Waals surface area contributed by atoms with Crippen LogP contribution in [0, 0.1) is 12.8 Å². The summed E-state index contributed by atoms with van der Waals surface area (Å²) >= 11 is 3.55. The van der Waals surface area contributed by atoms with Crippen LogP contribution in [0.2, 0.25) is 0 Å². The first-order valence-corrected chi connectivity index (χ1v) is 7.52. The third-order valence-corrected chi connectivity index (χ3v) is 4.83. The number of hydrogen-bond acceptors (Lipinski definition) is 1. The fourth-order valence-electron chi connectivity index (χ4n) is 2.83. The molecule has 94 valence electrons. The molecule has 1 saturated carbocycles. The van der Waals surface area contributed by atoms with E-state index in [4.69, 9.17) is 0 Å². The molecule has 1 aliphatic carbocycles. The Labute approximate surface area is 113 Å². The molecule has 1 aromatic rings. The van der Waals surface area contributed by atoms with Crippen LogP contribution in [0.15, 0.2) is 22.7 Å². The number of nitrogens with one attached hydrogen (secondary N) is 1. The predicted molar refractivity (Wildman–Crippen MR) is 78.5 cm³/mol. The van der Waals surface area contributed by atoms with Gasteiger partial charge in [0.2, 0.25) is 0 Å². The molecular weight excluding hydrogens is 274 g/mol. The molecule has 1 fully saturated rings. The van der Waals surface area contributed by atoms with Gasteiger partial charge in [0.15, 0.2) is 0 Å². The summed E-state index contributed by atoms with van der Waals surface area (Å²) in [5, 5.41) is 3.73. The summed E-state index contributed by atoms with van der Waals surface area (Å²) in [6.45, 7) is 4.46. The highest BCUT2D eigenvalue weighted by Crippen LogP contribution is 2.30. The SMILES string of the molecule is CCC1CCCCC1Nc1ccc(Br)c(C)c1. The van der Waals surface area contributed by atoms with Gasteiger partial charge in [0, 0.05) is 16.2 Å². The van der Waals surface area contributed by atoms with Crippen LogP contribution in [-0.4, -0.2) is 6.04 Å². The van der Waals surface area contributed by atoms with Gasteiger partial charge in [0.25, 0.3) is 0 Å². The average Bonchev–Trinajstić information content (AvgIpc) is 2.34. The van der Waals surface area contributed by atoms with Crippen molar-refractivity contribution >= 4 is 21.6 Å². The van der Waals surface area contributed by atoms with Crippen LogP contribution in [-0.2, 0) is 0 Å². The van der Waals surface area contributed by atoms with Crippen LogP contribution in [0.1, 0.15) is 44.6 Å². The summed E-state index contributed by atoms with van der Waals surface area (Å²) in [5.41, 5.74) is 2.58. The second kappa shape index (κ2) is 5.90. The number of rotatable bonds is 3. The molecule has 2 atom stereocenters. The van der Waals surface area contributed by atoms with E-state index in [9.17, 15) is 0 Å². The van der Waals surface area contributed by atoms with Crippen molar-refractivity contribution in [1.29, 1.82) is 0 Å². The summed E-state index contributed by atoms with van der Waals surface area (Å²) in [7, 11) is 0. The van der Waals surface area contributed by atoms with Gasteiger partial charge in [0.05, 0.1) is 0 Å². The summed E-state index contributed by atoms with van der Waals surface area (Å²) < 4.78 is 1.19. The topological polar surface area (TPSA) is 12.0 Å². The van der Waals surface area contributed by atoms with Gasteiger partial charge in [-0.25, -0.2) is 0 Å². The standard InChI is InChI=1S/C15H22BrN/c1-3-12-6-4-5-7-15(12)17-13-8-9-14(16)11(2)10-13/h8-10,12,15,17H,3-7H2,1-2H3. The highest BCUT2D eigenvalue weighted by Gasteiger charge is 2.23. The minimum atomic E-state index is 0.675. The zero-order valence-corrected chi connectivity index (χ0v) is 12.4. The van der Waals surface area contributed by atoms with Crippen LogP contribution in [0.5, 0.6) is 0 Å².